The zero-order valence-corrected chi connectivity index (χ0v) is 14.4. The van der Waals surface area contributed by atoms with Crippen LogP contribution in [0.4, 0.5) is 5.95 Å². The minimum absolute atomic E-state index is 0.188. The Bertz CT molecular complexity index is 808. The van der Waals surface area contributed by atoms with E-state index in [1.165, 1.54) is 16.7 Å². The standard InChI is InChI=1S/C18H17BrN4/c1-12-2-4-13(5-3-12)16-10-17(14-6-8-15(19)9-7-14)23-18(22-16)20-11-21-23/h2-9,11,16-17H,10H2,1H3,(H,20,21,22)/t16-,17-/m1/s1. The molecule has 3 aromatic rings. The maximum atomic E-state index is 4.41. The number of nitrogens with zero attached hydrogens (tertiary/aromatic N) is 3. The second-order valence-electron chi connectivity index (χ2n) is 5.94. The van der Waals surface area contributed by atoms with Crippen molar-refractivity contribution >= 4 is 21.9 Å². The third-order valence-corrected chi connectivity index (χ3v) is 4.89. The summed E-state index contributed by atoms with van der Waals surface area (Å²) < 4.78 is 3.07. The number of fused-ring (bicyclic) bond motifs is 1. The summed E-state index contributed by atoms with van der Waals surface area (Å²) in [5.41, 5.74) is 3.81. The molecule has 5 heteroatoms. The molecule has 0 unspecified atom stereocenters. The van der Waals surface area contributed by atoms with Crippen molar-refractivity contribution in [2.75, 3.05) is 5.32 Å². The lowest BCUT2D eigenvalue weighted by molar-refractivity contribution is 0.431. The number of aryl methyl sites for hydroxylation is 1. The van der Waals surface area contributed by atoms with Crippen molar-refractivity contribution in [2.45, 2.75) is 25.4 Å². The number of anilines is 1. The van der Waals surface area contributed by atoms with E-state index in [9.17, 15) is 0 Å². The van der Waals surface area contributed by atoms with Crippen LogP contribution in [0.15, 0.2) is 59.3 Å². The minimum Gasteiger partial charge on any atom is -0.348 e. The van der Waals surface area contributed by atoms with Crippen molar-refractivity contribution in [3.63, 3.8) is 0 Å². The quantitative estimate of drug-likeness (QED) is 0.724. The van der Waals surface area contributed by atoms with Gasteiger partial charge in [-0.2, -0.15) is 10.1 Å². The third-order valence-electron chi connectivity index (χ3n) is 4.37. The molecule has 0 bridgehead atoms. The van der Waals surface area contributed by atoms with Gasteiger partial charge in [0.15, 0.2) is 0 Å². The largest absolute Gasteiger partial charge is 0.348 e. The molecule has 1 aliphatic heterocycles. The Morgan fingerprint density at radius 3 is 2.48 bits per heavy atom. The first-order valence-corrected chi connectivity index (χ1v) is 8.48. The lowest BCUT2D eigenvalue weighted by Gasteiger charge is -2.32. The Morgan fingerprint density at radius 1 is 1.04 bits per heavy atom. The maximum Gasteiger partial charge on any atom is 0.222 e. The summed E-state index contributed by atoms with van der Waals surface area (Å²) in [5, 5.41) is 7.91. The van der Waals surface area contributed by atoms with Gasteiger partial charge in [-0.3, -0.25) is 0 Å². The molecule has 0 radical (unpaired) electrons. The highest BCUT2D eigenvalue weighted by molar-refractivity contribution is 9.10. The van der Waals surface area contributed by atoms with Crippen LogP contribution in [0.5, 0.6) is 0 Å². The molecular formula is C18H17BrN4. The van der Waals surface area contributed by atoms with Crippen LogP contribution in [-0.4, -0.2) is 14.8 Å². The normalized spacial score (nSPS) is 19.9. The summed E-state index contributed by atoms with van der Waals surface area (Å²) >= 11 is 3.50. The van der Waals surface area contributed by atoms with Gasteiger partial charge in [0.2, 0.25) is 5.95 Å². The zero-order chi connectivity index (χ0) is 15.8. The summed E-state index contributed by atoms with van der Waals surface area (Å²) in [5.74, 6) is 0.828. The molecule has 0 saturated heterocycles. The minimum atomic E-state index is 0.188. The molecule has 23 heavy (non-hydrogen) atoms. The van der Waals surface area contributed by atoms with Gasteiger partial charge >= 0.3 is 0 Å². The number of hydrogen-bond acceptors (Lipinski definition) is 3. The molecule has 0 aliphatic carbocycles. The van der Waals surface area contributed by atoms with Crippen LogP contribution in [0.1, 0.15) is 35.2 Å². The van der Waals surface area contributed by atoms with Crippen molar-refractivity contribution in [1.29, 1.82) is 0 Å². The van der Waals surface area contributed by atoms with Crippen LogP contribution >= 0.6 is 15.9 Å². The molecule has 0 saturated carbocycles. The summed E-state index contributed by atoms with van der Waals surface area (Å²) in [6.45, 7) is 2.11. The highest BCUT2D eigenvalue weighted by Crippen LogP contribution is 2.37. The van der Waals surface area contributed by atoms with E-state index in [1.54, 1.807) is 6.33 Å². The average molecular weight is 369 g/mol. The smallest absolute Gasteiger partial charge is 0.222 e. The average Bonchev–Trinajstić information content (AvgIpc) is 3.04. The Balaban J connectivity index is 1.71. The first-order chi connectivity index (χ1) is 11.2. The summed E-state index contributed by atoms with van der Waals surface area (Å²) in [6, 6.07) is 17.6. The van der Waals surface area contributed by atoms with Crippen LogP contribution in [0.25, 0.3) is 0 Å². The number of rotatable bonds is 2. The topological polar surface area (TPSA) is 42.7 Å². The van der Waals surface area contributed by atoms with Gasteiger partial charge in [-0.15, -0.1) is 0 Å². The molecule has 2 aromatic carbocycles. The molecule has 0 amide bonds. The van der Waals surface area contributed by atoms with E-state index in [0.29, 0.717) is 0 Å². The second-order valence-corrected chi connectivity index (χ2v) is 6.85. The van der Waals surface area contributed by atoms with E-state index < -0.39 is 0 Å². The number of halogens is 1. The van der Waals surface area contributed by atoms with Crippen LogP contribution in [0, 0.1) is 6.92 Å². The highest BCUT2D eigenvalue weighted by atomic mass is 79.9. The number of aromatic nitrogens is 3. The molecule has 2 heterocycles. The first kappa shape index (κ1) is 14.5. The predicted molar refractivity (Wildman–Crippen MR) is 94.5 cm³/mol. The van der Waals surface area contributed by atoms with Gasteiger partial charge in [0.25, 0.3) is 0 Å². The Morgan fingerprint density at radius 2 is 1.74 bits per heavy atom. The van der Waals surface area contributed by atoms with Gasteiger partial charge in [-0.1, -0.05) is 57.9 Å². The van der Waals surface area contributed by atoms with Gasteiger partial charge in [-0.05, 0) is 36.6 Å². The van der Waals surface area contributed by atoms with Gasteiger partial charge in [0, 0.05) is 4.47 Å². The summed E-state index contributed by atoms with van der Waals surface area (Å²) in [6.07, 6.45) is 2.56. The monoisotopic (exact) mass is 368 g/mol. The fourth-order valence-corrected chi connectivity index (χ4v) is 3.36. The molecule has 1 aromatic heterocycles. The summed E-state index contributed by atoms with van der Waals surface area (Å²) in [4.78, 5) is 4.37. The fourth-order valence-electron chi connectivity index (χ4n) is 3.10. The predicted octanol–water partition coefficient (Wildman–Crippen LogP) is 4.50. The van der Waals surface area contributed by atoms with Crippen LogP contribution < -0.4 is 5.32 Å². The summed E-state index contributed by atoms with van der Waals surface area (Å²) in [7, 11) is 0. The van der Waals surface area contributed by atoms with E-state index in [4.69, 9.17) is 0 Å². The number of hydrogen-bond donors (Lipinski definition) is 1. The number of nitrogens with one attached hydrogen (secondary N) is 1. The van der Waals surface area contributed by atoms with Gasteiger partial charge in [-0.25, -0.2) is 4.68 Å². The lowest BCUT2D eigenvalue weighted by Crippen LogP contribution is -2.28. The maximum absolute atomic E-state index is 4.41. The molecule has 0 fully saturated rings. The van der Waals surface area contributed by atoms with Crippen molar-refractivity contribution < 1.29 is 0 Å². The van der Waals surface area contributed by atoms with Crippen molar-refractivity contribution in [2.24, 2.45) is 0 Å². The Labute approximate surface area is 143 Å². The van der Waals surface area contributed by atoms with Gasteiger partial charge < -0.3 is 5.32 Å². The van der Waals surface area contributed by atoms with E-state index in [-0.39, 0.29) is 12.1 Å². The molecule has 4 nitrogen and oxygen atoms in total. The second kappa shape index (κ2) is 5.81. The SMILES string of the molecule is Cc1ccc([C@H]2C[C@H](c3ccc(Br)cc3)n3ncnc3N2)cc1. The van der Waals surface area contributed by atoms with E-state index in [0.717, 1.165) is 16.8 Å². The van der Waals surface area contributed by atoms with Crippen molar-refractivity contribution in [3.8, 4) is 0 Å². The van der Waals surface area contributed by atoms with E-state index in [2.05, 4.69) is 86.8 Å². The Hall–Kier alpha value is -2.14. The lowest BCUT2D eigenvalue weighted by atomic mass is 9.93. The first-order valence-electron chi connectivity index (χ1n) is 7.69. The zero-order valence-electron chi connectivity index (χ0n) is 12.8. The van der Waals surface area contributed by atoms with Crippen molar-refractivity contribution in [1.82, 2.24) is 14.8 Å². The van der Waals surface area contributed by atoms with Crippen LogP contribution in [0.2, 0.25) is 0 Å². The highest BCUT2D eigenvalue weighted by Gasteiger charge is 2.29. The Kier molecular flexibility index (Phi) is 3.65. The molecule has 4 rings (SSSR count). The van der Waals surface area contributed by atoms with E-state index >= 15 is 0 Å². The molecule has 1 N–H and O–H groups in total. The fraction of sp³-hybridized carbons (Fsp3) is 0.222. The molecular weight excluding hydrogens is 352 g/mol. The van der Waals surface area contributed by atoms with E-state index in [1.807, 2.05) is 4.68 Å². The molecule has 116 valence electrons. The molecule has 0 spiro atoms. The van der Waals surface area contributed by atoms with Gasteiger partial charge in [0.1, 0.15) is 6.33 Å². The van der Waals surface area contributed by atoms with Crippen LogP contribution in [0.3, 0.4) is 0 Å². The number of benzene rings is 2. The van der Waals surface area contributed by atoms with Crippen molar-refractivity contribution in [3.05, 3.63) is 76.0 Å². The molecule has 1 aliphatic rings. The molecule has 2 atom stereocenters. The van der Waals surface area contributed by atoms with Crippen LogP contribution in [-0.2, 0) is 0 Å². The van der Waals surface area contributed by atoms with Gasteiger partial charge in [0.05, 0.1) is 12.1 Å². The third kappa shape index (κ3) is 2.77.